The molecule has 0 fully saturated rings. The molecule has 0 aliphatic carbocycles. The third kappa shape index (κ3) is 4.57. The van der Waals surface area contributed by atoms with E-state index in [1.807, 2.05) is 25.1 Å². The summed E-state index contributed by atoms with van der Waals surface area (Å²) in [6.45, 7) is 3.62. The van der Waals surface area contributed by atoms with E-state index in [1.54, 1.807) is 37.3 Å². The molecular formula is C18H19NO4. The fourth-order valence-corrected chi connectivity index (χ4v) is 2.03. The van der Waals surface area contributed by atoms with Crippen LogP contribution >= 0.6 is 0 Å². The van der Waals surface area contributed by atoms with Gasteiger partial charge >= 0.3 is 5.97 Å². The van der Waals surface area contributed by atoms with Crippen LogP contribution in [-0.4, -0.2) is 25.1 Å². The van der Waals surface area contributed by atoms with Gasteiger partial charge in [0.25, 0.3) is 5.91 Å². The van der Waals surface area contributed by atoms with Crippen LogP contribution in [-0.2, 0) is 9.53 Å². The molecule has 1 atom stereocenters. The molecule has 0 bridgehead atoms. The lowest BCUT2D eigenvalue weighted by Gasteiger charge is -2.15. The Bertz CT molecular complexity index is 712. The van der Waals surface area contributed by atoms with Crippen LogP contribution in [0.15, 0.2) is 48.5 Å². The van der Waals surface area contributed by atoms with Crippen molar-refractivity contribution in [3.05, 3.63) is 59.7 Å². The van der Waals surface area contributed by atoms with Crippen LogP contribution in [0.2, 0.25) is 0 Å². The molecule has 0 saturated carbocycles. The van der Waals surface area contributed by atoms with Crippen LogP contribution in [0.4, 0.5) is 5.69 Å². The van der Waals surface area contributed by atoms with Crippen molar-refractivity contribution in [3.63, 3.8) is 0 Å². The molecule has 2 aromatic rings. The summed E-state index contributed by atoms with van der Waals surface area (Å²) in [6, 6.07) is 14.0. The molecule has 5 nitrogen and oxygen atoms in total. The summed E-state index contributed by atoms with van der Waals surface area (Å²) < 4.78 is 10.3. The Labute approximate surface area is 135 Å². The van der Waals surface area contributed by atoms with Gasteiger partial charge in [0, 0.05) is 5.69 Å². The number of nitrogens with one attached hydrogen (secondary N) is 1. The molecule has 0 aromatic heterocycles. The van der Waals surface area contributed by atoms with E-state index in [4.69, 9.17) is 4.74 Å². The third-order valence-electron chi connectivity index (χ3n) is 3.22. The highest BCUT2D eigenvalue weighted by Crippen LogP contribution is 2.16. The fraction of sp³-hybridized carbons (Fsp3) is 0.222. The summed E-state index contributed by atoms with van der Waals surface area (Å²) in [7, 11) is 1.31. The Morgan fingerprint density at radius 2 is 1.83 bits per heavy atom. The largest absolute Gasteiger partial charge is 0.481 e. The molecule has 2 rings (SSSR count). The first kappa shape index (κ1) is 16.5. The topological polar surface area (TPSA) is 64.6 Å². The molecule has 5 heteroatoms. The zero-order valence-electron chi connectivity index (χ0n) is 13.3. The highest BCUT2D eigenvalue weighted by molar-refractivity contribution is 5.96. The van der Waals surface area contributed by atoms with Crippen molar-refractivity contribution in [1.82, 2.24) is 0 Å². The maximum atomic E-state index is 12.2. The Balaban J connectivity index is 2.02. The van der Waals surface area contributed by atoms with E-state index in [-0.39, 0.29) is 5.91 Å². The molecule has 23 heavy (non-hydrogen) atoms. The monoisotopic (exact) mass is 313 g/mol. The van der Waals surface area contributed by atoms with Crippen molar-refractivity contribution < 1.29 is 19.1 Å². The normalized spacial score (nSPS) is 11.4. The van der Waals surface area contributed by atoms with Crippen LogP contribution in [0.25, 0.3) is 0 Å². The van der Waals surface area contributed by atoms with Crippen molar-refractivity contribution in [2.24, 2.45) is 0 Å². The van der Waals surface area contributed by atoms with Gasteiger partial charge in [0.05, 0.1) is 12.7 Å². The van der Waals surface area contributed by atoms with Crippen molar-refractivity contribution in [3.8, 4) is 5.75 Å². The first-order valence-corrected chi connectivity index (χ1v) is 7.22. The molecule has 0 saturated heterocycles. The van der Waals surface area contributed by atoms with E-state index >= 15 is 0 Å². The van der Waals surface area contributed by atoms with Gasteiger partial charge in [-0.1, -0.05) is 18.2 Å². The molecule has 0 spiro atoms. The smallest absolute Gasteiger partial charge is 0.337 e. The Morgan fingerprint density at radius 3 is 2.52 bits per heavy atom. The second-order valence-corrected chi connectivity index (χ2v) is 5.14. The van der Waals surface area contributed by atoms with Gasteiger partial charge in [0.1, 0.15) is 5.75 Å². The van der Waals surface area contributed by atoms with E-state index in [1.165, 1.54) is 7.11 Å². The van der Waals surface area contributed by atoms with E-state index in [9.17, 15) is 9.59 Å². The van der Waals surface area contributed by atoms with Gasteiger partial charge in [-0.3, -0.25) is 4.79 Å². The minimum Gasteiger partial charge on any atom is -0.481 e. The van der Waals surface area contributed by atoms with Gasteiger partial charge < -0.3 is 14.8 Å². The Hall–Kier alpha value is -2.82. The molecule has 0 radical (unpaired) electrons. The molecule has 1 amide bonds. The Kier molecular flexibility index (Phi) is 5.36. The zero-order chi connectivity index (χ0) is 16.8. The summed E-state index contributed by atoms with van der Waals surface area (Å²) in [5, 5.41) is 2.72. The summed E-state index contributed by atoms with van der Waals surface area (Å²) in [6.07, 6.45) is -0.668. The van der Waals surface area contributed by atoms with Crippen molar-refractivity contribution in [2.75, 3.05) is 12.4 Å². The summed E-state index contributed by atoms with van der Waals surface area (Å²) in [5.74, 6) is -0.116. The molecule has 2 aromatic carbocycles. The van der Waals surface area contributed by atoms with Crippen LogP contribution in [0.3, 0.4) is 0 Å². The number of carbonyl (C=O) groups excluding carboxylic acids is 2. The first-order chi connectivity index (χ1) is 11.0. The average molecular weight is 313 g/mol. The summed E-state index contributed by atoms with van der Waals surface area (Å²) in [4.78, 5) is 23.7. The SMILES string of the molecule is COC(=O)c1cccc(NC(=O)C(C)Oc2cccc(C)c2)c1. The molecule has 0 aliphatic rings. The first-order valence-electron chi connectivity index (χ1n) is 7.22. The maximum absolute atomic E-state index is 12.2. The molecule has 1 unspecified atom stereocenters. The minimum absolute atomic E-state index is 0.298. The summed E-state index contributed by atoms with van der Waals surface area (Å²) >= 11 is 0. The Morgan fingerprint density at radius 1 is 1.09 bits per heavy atom. The third-order valence-corrected chi connectivity index (χ3v) is 3.22. The van der Waals surface area contributed by atoms with E-state index in [0.717, 1.165) is 5.56 Å². The highest BCUT2D eigenvalue weighted by atomic mass is 16.5. The van der Waals surface area contributed by atoms with E-state index < -0.39 is 12.1 Å². The van der Waals surface area contributed by atoms with Crippen molar-refractivity contribution in [1.29, 1.82) is 0 Å². The van der Waals surface area contributed by atoms with Gasteiger partial charge in [-0.2, -0.15) is 0 Å². The number of aryl methyl sites for hydroxylation is 1. The fourth-order valence-electron chi connectivity index (χ4n) is 2.03. The average Bonchev–Trinajstić information content (AvgIpc) is 2.54. The van der Waals surface area contributed by atoms with Gasteiger partial charge in [-0.05, 0) is 49.7 Å². The molecule has 0 aliphatic heterocycles. The van der Waals surface area contributed by atoms with E-state index in [2.05, 4.69) is 10.1 Å². The van der Waals surface area contributed by atoms with Crippen LogP contribution in [0, 0.1) is 6.92 Å². The number of rotatable bonds is 5. The number of benzene rings is 2. The van der Waals surface area contributed by atoms with Gasteiger partial charge in [-0.25, -0.2) is 4.79 Å². The van der Waals surface area contributed by atoms with Crippen molar-refractivity contribution >= 4 is 17.6 Å². The highest BCUT2D eigenvalue weighted by Gasteiger charge is 2.15. The second-order valence-electron chi connectivity index (χ2n) is 5.14. The number of carbonyl (C=O) groups is 2. The zero-order valence-corrected chi connectivity index (χ0v) is 13.3. The van der Waals surface area contributed by atoms with E-state index in [0.29, 0.717) is 17.0 Å². The van der Waals surface area contributed by atoms with Gasteiger partial charge in [-0.15, -0.1) is 0 Å². The minimum atomic E-state index is -0.668. The van der Waals surface area contributed by atoms with Gasteiger partial charge in [0.2, 0.25) is 0 Å². The standard InChI is InChI=1S/C18H19NO4/c1-12-6-4-9-16(10-12)23-13(2)17(20)19-15-8-5-7-14(11-15)18(21)22-3/h4-11,13H,1-3H3,(H,19,20). The molecule has 0 heterocycles. The second kappa shape index (κ2) is 7.45. The predicted molar refractivity (Wildman–Crippen MR) is 87.7 cm³/mol. The predicted octanol–water partition coefficient (Wildman–Crippen LogP) is 3.19. The van der Waals surface area contributed by atoms with Crippen molar-refractivity contribution in [2.45, 2.75) is 20.0 Å². The lowest BCUT2D eigenvalue weighted by molar-refractivity contribution is -0.122. The lowest BCUT2D eigenvalue weighted by Crippen LogP contribution is -2.30. The van der Waals surface area contributed by atoms with Crippen LogP contribution in [0.1, 0.15) is 22.8 Å². The number of anilines is 1. The lowest BCUT2D eigenvalue weighted by atomic mass is 10.2. The van der Waals surface area contributed by atoms with Crippen LogP contribution < -0.4 is 10.1 Å². The maximum Gasteiger partial charge on any atom is 0.337 e. The number of hydrogen-bond acceptors (Lipinski definition) is 4. The quantitative estimate of drug-likeness (QED) is 0.861. The molecule has 120 valence electrons. The number of hydrogen-bond donors (Lipinski definition) is 1. The summed E-state index contributed by atoms with van der Waals surface area (Å²) in [5.41, 5.74) is 1.94. The molecular weight excluding hydrogens is 294 g/mol. The van der Waals surface area contributed by atoms with Crippen LogP contribution in [0.5, 0.6) is 5.75 Å². The number of ether oxygens (including phenoxy) is 2. The number of amides is 1. The number of esters is 1. The van der Waals surface area contributed by atoms with Gasteiger partial charge in [0.15, 0.2) is 6.10 Å². The molecule has 1 N–H and O–H groups in total. The number of methoxy groups -OCH3 is 1.